The van der Waals surface area contributed by atoms with Gasteiger partial charge in [-0.15, -0.1) is 0 Å². The van der Waals surface area contributed by atoms with Gasteiger partial charge in [0.05, 0.1) is 18.6 Å². The minimum atomic E-state index is -1.17. The highest BCUT2D eigenvalue weighted by atomic mass is 16.5. The maximum Gasteiger partial charge on any atom is 0.318 e. The molecule has 140 valence electrons. The molecule has 11 nitrogen and oxygen atoms in total. The molecule has 27 heavy (non-hydrogen) atoms. The number of hydrogen-bond acceptors (Lipinski definition) is 7. The van der Waals surface area contributed by atoms with Crippen LogP contribution in [0.15, 0.2) is 29.1 Å². The number of ether oxygens (including phenoxy) is 1. The number of primary amides is 1. The highest BCUT2D eigenvalue weighted by molar-refractivity contribution is 6.04. The summed E-state index contributed by atoms with van der Waals surface area (Å²) in [5, 5.41) is 7.22. The monoisotopic (exact) mass is 372 g/mol. The predicted molar refractivity (Wildman–Crippen MR) is 94.8 cm³/mol. The predicted octanol–water partition coefficient (Wildman–Crippen LogP) is 0.143. The molecular formula is C16H16N6O5. The molecule has 1 aliphatic heterocycles. The fourth-order valence-corrected chi connectivity index (χ4v) is 2.67. The Morgan fingerprint density at radius 1 is 1.26 bits per heavy atom. The maximum atomic E-state index is 12.5. The number of fused-ring (bicyclic) bond motifs is 1. The van der Waals surface area contributed by atoms with E-state index in [4.69, 9.17) is 10.5 Å². The van der Waals surface area contributed by atoms with Crippen LogP contribution in [0.1, 0.15) is 17.9 Å². The zero-order valence-electron chi connectivity index (χ0n) is 14.2. The van der Waals surface area contributed by atoms with E-state index in [0.29, 0.717) is 11.4 Å². The zero-order chi connectivity index (χ0) is 19.6. The molecule has 2 aromatic rings. The van der Waals surface area contributed by atoms with E-state index in [1.54, 1.807) is 31.4 Å². The Hall–Kier alpha value is -3.89. The molecule has 2 heterocycles. The number of nitrogens with one attached hydrogen (secondary N) is 4. The van der Waals surface area contributed by atoms with Gasteiger partial charge in [0.25, 0.3) is 5.56 Å². The largest absolute Gasteiger partial charge is 0.497 e. The Morgan fingerprint density at radius 2 is 1.96 bits per heavy atom. The third-order valence-electron chi connectivity index (χ3n) is 3.87. The Bertz CT molecular complexity index is 968. The van der Waals surface area contributed by atoms with Crippen LogP contribution in [0.2, 0.25) is 0 Å². The van der Waals surface area contributed by atoms with Crippen molar-refractivity contribution in [2.24, 2.45) is 5.73 Å². The molecule has 1 aromatic heterocycles. The molecule has 1 aromatic carbocycles. The molecule has 0 spiro atoms. The van der Waals surface area contributed by atoms with Gasteiger partial charge in [-0.2, -0.15) is 4.98 Å². The summed E-state index contributed by atoms with van der Waals surface area (Å²) < 4.78 is 5.07. The van der Waals surface area contributed by atoms with Crippen LogP contribution >= 0.6 is 0 Å². The third kappa shape index (κ3) is 3.86. The van der Waals surface area contributed by atoms with E-state index in [9.17, 15) is 19.2 Å². The Kier molecular flexibility index (Phi) is 4.75. The first kappa shape index (κ1) is 17.9. The van der Waals surface area contributed by atoms with Crippen LogP contribution in [0.3, 0.4) is 0 Å². The number of aromatic nitrogens is 2. The summed E-state index contributed by atoms with van der Waals surface area (Å²) in [4.78, 5) is 54.0. The Labute approximate surface area is 152 Å². The van der Waals surface area contributed by atoms with E-state index in [0.717, 1.165) is 0 Å². The fraction of sp³-hybridized carbons (Fsp3) is 0.188. The molecule has 1 atom stereocenters. The van der Waals surface area contributed by atoms with Crippen molar-refractivity contribution < 1.29 is 19.1 Å². The lowest BCUT2D eigenvalue weighted by atomic mass is 9.92. The van der Waals surface area contributed by atoms with Gasteiger partial charge in [-0.1, -0.05) is 0 Å². The molecule has 0 saturated carbocycles. The maximum absolute atomic E-state index is 12.5. The normalized spacial score (nSPS) is 15.3. The summed E-state index contributed by atoms with van der Waals surface area (Å²) in [7, 11) is 1.54. The van der Waals surface area contributed by atoms with Gasteiger partial charge in [0, 0.05) is 12.1 Å². The standard InChI is InChI=1S/C16H16N6O5/c1-27-8-4-2-7(3-5-8)18-16-20-12-11(14(25)22-16)9(6-10(23)19-12)13(24)21-15(17)26/h2-5,9H,6H2,1H3,(H3,17,21,24,26)(H3,18,19,20,22,23,25)/t9-/m0/s1. The number of carbonyl (C=O) groups excluding carboxylic acids is 3. The molecular weight excluding hydrogens is 356 g/mol. The highest BCUT2D eigenvalue weighted by Crippen LogP contribution is 2.29. The molecule has 0 aliphatic carbocycles. The number of urea groups is 1. The van der Waals surface area contributed by atoms with E-state index in [1.807, 2.05) is 5.32 Å². The second kappa shape index (κ2) is 7.15. The van der Waals surface area contributed by atoms with E-state index >= 15 is 0 Å². The van der Waals surface area contributed by atoms with Gasteiger partial charge in [-0.3, -0.25) is 24.7 Å². The average molecular weight is 372 g/mol. The summed E-state index contributed by atoms with van der Waals surface area (Å²) in [6.45, 7) is 0. The van der Waals surface area contributed by atoms with Crippen LogP contribution in [-0.2, 0) is 9.59 Å². The number of hydrogen-bond donors (Lipinski definition) is 5. The lowest BCUT2D eigenvalue weighted by Crippen LogP contribution is -2.43. The van der Waals surface area contributed by atoms with Crippen LogP contribution in [0.5, 0.6) is 5.75 Å². The fourth-order valence-electron chi connectivity index (χ4n) is 2.67. The highest BCUT2D eigenvalue weighted by Gasteiger charge is 2.35. The summed E-state index contributed by atoms with van der Waals surface area (Å²) in [6, 6.07) is 5.77. The molecule has 11 heteroatoms. The van der Waals surface area contributed by atoms with Gasteiger partial charge in [0.1, 0.15) is 11.6 Å². The van der Waals surface area contributed by atoms with Crippen LogP contribution in [0.4, 0.5) is 22.2 Å². The number of amides is 4. The van der Waals surface area contributed by atoms with Crippen LogP contribution in [-0.4, -0.2) is 34.9 Å². The van der Waals surface area contributed by atoms with Crippen molar-refractivity contribution in [3.63, 3.8) is 0 Å². The number of anilines is 3. The number of benzene rings is 1. The lowest BCUT2D eigenvalue weighted by molar-refractivity contribution is -0.125. The van der Waals surface area contributed by atoms with Crippen LogP contribution in [0, 0.1) is 0 Å². The quantitative estimate of drug-likeness (QED) is 0.508. The molecule has 1 aliphatic rings. The molecule has 0 saturated heterocycles. The molecule has 0 fully saturated rings. The third-order valence-corrected chi connectivity index (χ3v) is 3.87. The number of methoxy groups -OCH3 is 1. The number of rotatable bonds is 4. The minimum absolute atomic E-state index is 0.0476. The first-order valence-electron chi connectivity index (χ1n) is 7.83. The van der Waals surface area contributed by atoms with E-state index in [1.165, 1.54) is 0 Å². The summed E-state index contributed by atoms with van der Waals surface area (Å²) in [5.74, 6) is -1.87. The first-order chi connectivity index (χ1) is 12.9. The second-order valence-corrected chi connectivity index (χ2v) is 5.69. The number of aromatic amines is 1. The van der Waals surface area contributed by atoms with Crippen molar-refractivity contribution in [1.29, 1.82) is 0 Å². The van der Waals surface area contributed by atoms with E-state index in [-0.39, 0.29) is 23.8 Å². The zero-order valence-corrected chi connectivity index (χ0v) is 14.2. The van der Waals surface area contributed by atoms with E-state index in [2.05, 4.69) is 20.6 Å². The molecule has 6 N–H and O–H groups in total. The second-order valence-electron chi connectivity index (χ2n) is 5.69. The van der Waals surface area contributed by atoms with Crippen molar-refractivity contribution >= 4 is 35.3 Å². The number of H-pyrrole nitrogens is 1. The summed E-state index contributed by atoms with van der Waals surface area (Å²) in [6.07, 6.45) is -0.303. The van der Waals surface area contributed by atoms with Crippen LogP contribution < -0.4 is 32.0 Å². The first-order valence-corrected chi connectivity index (χ1v) is 7.83. The Morgan fingerprint density at radius 3 is 2.59 bits per heavy atom. The number of imide groups is 1. The SMILES string of the molecule is COc1ccc(Nc2nc3c(c(=O)[nH]2)[C@@H](C(=O)NC(N)=O)CC(=O)N3)cc1. The van der Waals surface area contributed by atoms with Crippen LogP contribution in [0.25, 0.3) is 0 Å². The van der Waals surface area contributed by atoms with Crippen molar-refractivity contribution in [3.8, 4) is 5.75 Å². The van der Waals surface area contributed by atoms with Gasteiger partial charge in [0.15, 0.2) is 0 Å². The smallest absolute Gasteiger partial charge is 0.318 e. The van der Waals surface area contributed by atoms with E-state index < -0.39 is 29.3 Å². The minimum Gasteiger partial charge on any atom is -0.497 e. The van der Waals surface area contributed by atoms with Crippen molar-refractivity contribution in [3.05, 3.63) is 40.2 Å². The molecule has 4 amide bonds. The van der Waals surface area contributed by atoms with Crippen molar-refractivity contribution in [2.75, 3.05) is 17.7 Å². The van der Waals surface area contributed by atoms with Crippen molar-refractivity contribution in [1.82, 2.24) is 15.3 Å². The average Bonchev–Trinajstić information content (AvgIpc) is 2.60. The summed E-state index contributed by atoms with van der Waals surface area (Å²) >= 11 is 0. The van der Waals surface area contributed by atoms with Crippen molar-refractivity contribution in [2.45, 2.75) is 12.3 Å². The van der Waals surface area contributed by atoms with Gasteiger partial charge in [-0.25, -0.2) is 4.79 Å². The van der Waals surface area contributed by atoms with Gasteiger partial charge >= 0.3 is 6.03 Å². The Balaban J connectivity index is 1.93. The molecule has 3 rings (SSSR count). The van der Waals surface area contributed by atoms with Gasteiger partial charge in [-0.05, 0) is 24.3 Å². The number of nitrogens with two attached hydrogens (primary N) is 1. The molecule has 0 bridgehead atoms. The van der Waals surface area contributed by atoms with Gasteiger partial charge in [0.2, 0.25) is 17.8 Å². The summed E-state index contributed by atoms with van der Waals surface area (Å²) in [5.41, 5.74) is 4.87. The van der Waals surface area contributed by atoms with Gasteiger partial charge < -0.3 is 21.1 Å². The molecule has 0 radical (unpaired) electrons. The lowest BCUT2D eigenvalue weighted by Gasteiger charge is -2.23. The topological polar surface area (TPSA) is 168 Å². The number of carbonyl (C=O) groups is 3. The molecule has 0 unspecified atom stereocenters. The number of nitrogens with zero attached hydrogens (tertiary/aromatic N) is 1.